The van der Waals surface area contributed by atoms with Crippen molar-refractivity contribution in [3.63, 3.8) is 0 Å². The van der Waals surface area contributed by atoms with Gasteiger partial charge in [0, 0.05) is 29.8 Å². The molecule has 0 fully saturated rings. The van der Waals surface area contributed by atoms with Gasteiger partial charge >= 0.3 is 5.97 Å². The van der Waals surface area contributed by atoms with E-state index in [1.165, 1.54) is 48.5 Å². The summed E-state index contributed by atoms with van der Waals surface area (Å²) in [6.45, 7) is 0. The molecule has 130 valence electrons. The lowest BCUT2D eigenvalue weighted by atomic mass is 10.1. The van der Waals surface area contributed by atoms with E-state index in [4.69, 9.17) is 10.8 Å². The quantitative estimate of drug-likeness (QED) is 0.471. The molecule has 0 aliphatic heterocycles. The molecule has 0 saturated carbocycles. The van der Waals surface area contributed by atoms with E-state index >= 15 is 0 Å². The number of nitrogens with two attached hydrogens (primary N) is 1. The van der Waals surface area contributed by atoms with Gasteiger partial charge in [0.1, 0.15) is 12.3 Å². The van der Waals surface area contributed by atoms with Crippen LogP contribution in [0.4, 0.5) is 11.4 Å². The first kappa shape index (κ1) is 19.4. The molecule has 25 heavy (non-hydrogen) atoms. The van der Waals surface area contributed by atoms with Crippen LogP contribution in [0.1, 0.15) is 22.0 Å². The van der Waals surface area contributed by atoms with Crippen molar-refractivity contribution in [3.05, 3.63) is 79.9 Å². The highest BCUT2D eigenvalue weighted by Gasteiger charge is 2.15. The van der Waals surface area contributed by atoms with E-state index in [1.807, 2.05) is 0 Å². The van der Waals surface area contributed by atoms with Gasteiger partial charge in [-0.15, -0.1) is 0 Å². The first-order valence-electron chi connectivity index (χ1n) is 6.68. The fourth-order valence-corrected chi connectivity index (χ4v) is 1.62. The number of benzene rings is 2. The van der Waals surface area contributed by atoms with E-state index in [2.05, 4.69) is 0 Å². The Morgan fingerprint density at radius 3 is 1.68 bits per heavy atom. The molecule has 0 heterocycles. The van der Waals surface area contributed by atoms with Crippen LogP contribution in [0, 0.1) is 20.2 Å². The van der Waals surface area contributed by atoms with E-state index in [-0.39, 0.29) is 11.4 Å². The van der Waals surface area contributed by atoms with Crippen LogP contribution < -0.4 is 5.73 Å². The number of nitrogens with zero attached hydrogens (tertiary/aromatic N) is 2. The Morgan fingerprint density at radius 1 is 0.960 bits per heavy atom. The second-order valence-electron chi connectivity index (χ2n) is 4.63. The molecule has 1 atom stereocenters. The molecule has 0 saturated heterocycles. The van der Waals surface area contributed by atoms with Gasteiger partial charge in [0.15, 0.2) is 0 Å². The lowest BCUT2D eigenvalue weighted by Gasteiger charge is -2.05. The minimum atomic E-state index is -1.17. The minimum absolute atomic E-state index is 0.00407. The molecule has 2 aromatic rings. The van der Waals surface area contributed by atoms with Crippen molar-refractivity contribution in [2.75, 3.05) is 0 Å². The lowest BCUT2D eigenvalue weighted by Crippen LogP contribution is -2.20. The molecule has 1 unspecified atom stereocenters. The predicted octanol–water partition coefficient (Wildman–Crippen LogP) is 2.09. The third kappa shape index (κ3) is 5.80. The monoisotopic (exact) mass is 347 g/mol. The number of non-ortho nitro benzene ring substituents is 2. The van der Waals surface area contributed by atoms with Crippen LogP contribution in [0.5, 0.6) is 0 Å². The maximum absolute atomic E-state index is 10.5. The van der Waals surface area contributed by atoms with Gasteiger partial charge in [0.2, 0.25) is 0 Å². The summed E-state index contributed by atoms with van der Waals surface area (Å²) in [4.78, 5) is 39.9. The zero-order valence-electron chi connectivity index (χ0n) is 12.6. The number of carboxylic acid groups (broad SMARTS) is 1. The largest absolute Gasteiger partial charge is 0.480 e. The van der Waals surface area contributed by atoms with Crippen LogP contribution >= 0.6 is 0 Å². The number of nitro groups is 2. The van der Waals surface area contributed by atoms with Crippen molar-refractivity contribution in [1.29, 1.82) is 0 Å². The Kier molecular flexibility index (Phi) is 6.85. The fraction of sp³-hybridized carbons (Fsp3) is 0.0667. The summed E-state index contributed by atoms with van der Waals surface area (Å²) >= 11 is 0. The van der Waals surface area contributed by atoms with Gasteiger partial charge in [-0.05, 0) is 17.7 Å². The number of hydrogen-bond donors (Lipinski definition) is 2. The van der Waals surface area contributed by atoms with Gasteiger partial charge in [0.25, 0.3) is 11.4 Å². The molecule has 0 bridgehead atoms. The van der Waals surface area contributed by atoms with E-state index in [0.29, 0.717) is 17.4 Å². The minimum Gasteiger partial charge on any atom is -0.480 e. The Balaban J connectivity index is 0.000000257. The van der Waals surface area contributed by atoms with Gasteiger partial charge in [-0.1, -0.05) is 12.1 Å². The van der Waals surface area contributed by atoms with E-state index in [9.17, 15) is 29.8 Å². The van der Waals surface area contributed by atoms with Crippen LogP contribution in [0.3, 0.4) is 0 Å². The molecule has 2 aromatic carbocycles. The molecule has 0 spiro atoms. The van der Waals surface area contributed by atoms with Gasteiger partial charge in [0.05, 0.1) is 9.85 Å². The average molecular weight is 347 g/mol. The maximum Gasteiger partial charge on any atom is 0.325 e. The van der Waals surface area contributed by atoms with E-state index in [0.717, 1.165) is 0 Å². The summed E-state index contributed by atoms with van der Waals surface area (Å²) in [5.74, 6) is -1.17. The molecule has 0 aliphatic carbocycles. The first-order chi connectivity index (χ1) is 11.8. The summed E-state index contributed by atoms with van der Waals surface area (Å²) < 4.78 is 0. The van der Waals surface area contributed by atoms with Gasteiger partial charge in [-0.25, -0.2) is 0 Å². The average Bonchev–Trinajstić information content (AvgIpc) is 2.61. The molecule has 0 aromatic heterocycles. The van der Waals surface area contributed by atoms with Crippen molar-refractivity contribution in [2.24, 2.45) is 5.73 Å². The summed E-state index contributed by atoms with van der Waals surface area (Å²) in [7, 11) is 0. The SMILES string of the molecule is NC(C(=O)O)c1ccc([N+](=O)[O-])cc1.O=Cc1ccc([N+](=O)[O-])cc1. The smallest absolute Gasteiger partial charge is 0.325 e. The zero-order chi connectivity index (χ0) is 19.0. The van der Waals surface area contributed by atoms with Crippen LogP contribution in [0.25, 0.3) is 0 Å². The van der Waals surface area contributed by atoms with Crippen molar-refractivity contribution in [1.82, 2.24) is 0 Å². The van der Waals surface area contributed by atoms with Crippen molar-refractivity contribution < 1.29 is 24.5 Å². The summed E-state index contributed by atoms with van der Waals surface area (Å²) in [5.41, 5.74) is 5.98. The lowest BCUT2D eigenvalue weighted by molar-refractivity contribution is -0.385. The highest BCUT2D eigenvalue weighted by molar-refractivity contribution is 5.75. The molecule has 0 radical (unpaired) electrons. The number of carboxylic acids is 1. The summed E-state index contributed by atoms with van der Waals surface area (Å²) in [5, 5.41) is 28.9. The summed E-state index contributed by atoms with van der Waals surface area (Å²) in [6, 6.07) is 9.37. The normalized spacial score (nSPS) is 10.8. The number of carbonyl (C=O) groups excluding carboxylic acids is 1. The first-order valence-corrected chi connectivity index (χ1v) is 6.68. The predicted molar refractivity (Wildman–Crippen MR) is 86.1 cm³/mol. The van der Waals surface area contributed by atoms with Crippen LogP contribution in [0.15, 0.2) is 48.5 Å². The van der Waals surface area contributed by atoms with E-state index < -0.39 is 21.9 Å². The maximum atomic E-state index is 10.5. The third-order valence-electron chi connectivity index (χ3n) is 2.97. The van der Waals surface area contributed by atoms with Crippen molar-refractivity contribution in [2.45, 2.75) is 6.04 Å². The Morgan fingerprint density at radius 2 is 1.36 bits per heavy atom. The standard InChI is InChI=1S/C8H8N2O4.C7H5NO3/c9-7(8(11)12)5-1-3-6(4-2-5)10(13)14;9-5-6-1-3-7(4-2-6)8(10)11/h1-4,7H,9H2,(H,11,12);1-5H. The number of aliphatic carboxylic acids is 1. The Labute approximate surface area is 140 Å². The molecule has 10 nitrogen and oxygen atoms in total. The third-order valence-corrected chi connectivity index (χ3v) is 2.97. The molecule has 10 heteroatoms. The topological polar surface area (TPSA) is 167 Å². The molecule has 3 N–H and O–H groups in total. The molecular weight excluding hydrogens is 334 g/mol. The highest BCUT2D eigenvalue weighted by Crippen LogP contribution is 2.16. The Bertz CT molecular complexity index is 773. The zero-order valence-corrected chi connectivity index (χ0v) is 12.6. The fourth-order valence-electron chi connectivity index (χ4n) is 1.62. The summed E-state index contributed by atoms with van der Waals surface area (Å²) in [6.07, 6.45) is 0.643. The number of rotatable bonds is 5. The highest BCUT2D eigenvalue weighted by atomic mass is 16.6. The molecule has 0 amide bonds. The second kappa shape index (κ2) is 8.84. The van der Waals surface area contributed by atoms with Gasteiger partial charge in [-0.2, -0.15) is 0 Å². The second-order valence-corrected chi connectivity index (χ2v) is 4.63. The van der Waals surface area contributed by atoms with Crippen LogP contribution in [-0.2, 0) is 4.79 Å². The van der Waals surface area contributed by atoms with Gasteiger partial charge < -0.3 is 10.8 Å². The molecular formula is C15H13N3O7. The van der Waals surface area contributed by atoms with Gasteiger partial charge in [-0.3, -0.25) is 29.8 Å². The number of hydrogen-bond acceptors (Lipinski definition) is 7. The number of aldehydes is 1. The van der Waals surface area contributed by atoms with E-state index in [1.54, 1.807) is 0 Å². The van der Waals surface area contributed by atoms with Crippen molar-refractivity contribution in [3.8, 4) is 0 Å². The number of carbonyl (C=O) groups is 2. The van der Waals surface area contributed by atoms with Crippen LogP contribution in [-0.4, -0.2) is 27.2 Å². The number of nitro benzene ring substituents is 2. The molecule has 0 aliphatic rings. The Hall–Kier alpha value is -3.66. The van der Waals surface area contributed by atoms with Crippen LogP contribution in [0.2, 0.25) is 0 Å². The van der Waals surface area contributed by atoms with Crippen molar-refractivity contribution >= 4 is 23.6 Å². The molecule has 2 rings (SSSR count).